The lowest BCUT2D eigenvalue weighted by Gasteiger charge is -2.25. The summed E-state index contributed by atoms with van der Waals surface area (Å²) in [6.45, 7) is 13.3. The van der Waals surface area contributed by atoms with Gasteiger partial charge in [-0.2, -0.15) is 0 Å². The molecule has 0 spiro atoms. The SMILES string of the molecule is C=CCOC(=O)c1sc(N2C(=O)C(=O)C(=C(O)c3ccc(OC)cc3C)[C@@H]2c2ccc(C(C)(C)C)cc2)nc1C. The minimum absolute atomic E-state index is 0.0252. The van der Waals surface area contributed by atoms with Crippen molar-refractivity contribution in [3.05, 3.63) is 93.5 Å². The summed E-state index contributed by atoms with van der Waals surface area (Å²) in [5.41, 5.74) is 2.93. The fraction of sp³-hybridized carbons (Fsp3) is 0.290. The average Bonchev–Trinajstić information content (AvgIpc) is 3.42. The molecule has 1 aliphatic heterocycles. The number of hydrogen-bond acceptors (Lipinski definition) is 8. The second-order valence-electron chi connectivity index (χ2n) is 10.5. The van der Waals surface area contributed by atoms with E-state index >= 15 is 0 Å². The Bertz CT molecular complexity index is 1530. The van der Waals surface area contributed by atoms with E-state index in [4.69, 9.17) is 9.47 Å². The topological polar surface area (TPSA) is 106 Å². The van der Waals surface area contributed by atoms with Crippen LogP contribution in [0.15, 0.2) is 60.7 Å². The Morgan fingerprint density at radius 3 is 2.40 bits per heavy atom. The highest BCUT2D eigenvalue weighted by atomic mass is 32.1. The number of nitrogens with zero attached hydrogens (tertiary/aromatic N) is 2. The molecule has 40 heavy (non-hydrogen) atoms. The van der Waals surface area contributed by atoms with Gasteiger partial charge in [0.1, 0.15) is 23.0 Å². The van der Waals surface area contributed by atoms with Gasteiger partial charge in [-0.15, -0.1) is 0 Å². The second kappa shape index (κ2) is 11.1. The van der Waals surface area contributed by atoms with Gasteiger partial charge in [0.25, 0.3) is 5.78 Å². The first-order chi connectivity index (χ1) is 18.9. The standard InChI is InChI=1S/C31H32N2O6S/c1-8-15-39-29(37)27-18(3)32-30(40-27)33-24(19-9-11-20(12-10-19)31(4,5)6)23(26(35)28(33)36)25(34)22-14-13-21(38-7)16-17(22)2/h8-14,16,24,34H,1,15H2,2-7H3/t24-/m0/s1. The lowest BCUT2D eigenvalue weighted by Crippen LogP contribution is -2.29. The maximum atomic E-state index is 13.6. The van der Waals surface area contributed by atoms with Crippen molar-refractivity contribution in [2.45, 2.75) is 46.1 Å². The molecule has 4 rings (SSSR count). The Kier molecular flexibility index (Phi) is 7.98. The smallest absolute Gasteiger partial charge is 0.350 e. The summed E-state index contributed by atoms with van der Waals surface area (Å²) < 4.78 is 10.4. The van der Waals surface area contributed by atoms with Crippen LogP contribution in [0.2, 0.25) is 0 Å². The van der Waals surface area contributed by atoms with Crippen molar-refractivity contribution in [1.29, 1.82) is 0 Å². The number of esters is 1. The number of carbonyl (C=O) groups excluding carboxylic acids is 3. The van der Waals surface area contributed by atoms with Crippen LogP contribution in [0.1, 0.15) is 64.4 Å². The molecule has 8 nitrogen and oxygen atoms in total. The summed E-state index contributed by atoms with van der Waals surface area (Å²) in [5, 5.41) is 11.7. The summed E-state index contributed by atoms with van der Waals surface area (Å²) >= 11 is 0.957. The van der Waals surface area contributed by atoms with Crippen molar-refractivity contribution >= 4 is 39.9 Å². The van der Waals surface area contributed by atoms with E-state index in [1.807, 2.05) is 24.3 Å². The Morgan fingerprint density at radius 2 is 1.82 bits per heavy atom. The third-order valence-electron chi connectivity index (χ3n) is 6.73. The number of Topliss-reactive ketones (excluding diaryl/α,β-unsaturated/α-hetero) is 1. The van der Waals surface area contributed by atoms with E-state index in [-0.39, 0.29) is 33.4 Å². The van der Waals surface area contributed by atoms with Crippen LogP contribution in [-0.2, 0) is 19.7 Å². The quantitative estimate of drug-likeness (QED) is 0.124. The minimum atomic E-state index is -0.974. The van der Waals surface area contributed by atoms with Gasteiger partial charge < -0.3 is 14.6 Å². The van der Waals surface area contributed by atoms with Gasteiger partial charge in [0.15, 0.2) is 5.13 Å². The zero-order chi connectivity index (χ0) is 29.4. The van der Waals surface area contributed by atoms with Crippen molar-refractivity contribution in [3.8, 4) is 5.75 Å². The maximum absolute atomic E-state index is 13.6. The van der Waals surface area contributed by atoms with E-state index in [0.29, 0.717) is 28.1 Å². The lowest BCUT2D eigenvalue weighted by molar-refractivity contribution is -0.132. The lowest BCUT2D eigenvalue weighted by atomic mass is 9.85. The number of carbonyl (C=O) groups is 3. The number of anilines is 1. The number of ether oxygens (including phenoxy) is 2. The number of aryl methyl sites for hydroxylation is 2. The average molecular weight is 561 g/mol. The highest BCUT2D eigenvalue weighted by molar-refractivity contribution is 7.17. The second-order valence-corrected chi connectivity index (χ2v) is 11.5. The van der Waals surface area contributed by atoms with Crippen LogP contribution in [0.5, 0.6) is 5.75 Å². The summed E-state index contributed by atoms with van der Waals surface area (Å²) in [5.74, 6) is -2.00. The molecule has 1 atom stereocenters. The van der Waals surface area contributed by atoms with Crippen LogP contribution < -0.4 is 9.64 Å². The number of thiazole rings is 1. The van der Waals surface area contributed by atoms with Gasteiger partial charge in [0.2, 0.25) is 0 Å². The third kappa shape index (κ3) is 5.29. The molecule has 1 aliphatic rings. The molecule has 2 heterocycles. The molecular formula is C31H32N2O6S. The van der Waals surface area contributed by atoms with Gasteiger partial charge in [-0.3, -0.25) is 14.5 Å². The van der Waals surface area contributed by atoms with Crippen LogP contribution in [-0.4, -0.2) is 41.5 Å². The highest BCUT2D eigenvalue weighted by Gasteiger charge is 2.48. The number of aliphatic hydroxyl groups excluding tert-OH is 1. The number of amides is 1. The number of benzene rings is 2. The first-order valence-corrected chi connectivity index (χ1v) is 13.5. The zero-order valence-corrected chi connectivity index (χ0v) is 24.2. The fourth-order valence-electron chi connectivity index (χ4n) is 4.56. The maximum Gasteiger partial charge on any atom is 0.350 e. The third-order valence-corrected chi connectivity index (χ3v) is 7.87. The highest BCUT2D eigenvalue weighted by Crippen LogP contribution is 2.44. The molecule has 1 N–H and O–H groups in total. The van der Waals surface area contributed by atoms with Crippen molar-refractivity contribution in [1.82, 2.24) is 4.98 Å². The van der Waals surface area contributed by atoms with Crippen LogP contribution in [0.4, 0.5) is 5.13 Å². The molecule has 1 amide bonds. The van der Waals surface area contributed by atoms with Gasteiger partial charge in [0.05, 0.1) is 24.4 Å². The molecule has 0 radical (unpaired) electrons. The number of methoxy groups -OCH3 is 1. The molecule has 9 heteroatoms. The van der Waals surface area contributed by atoms with Gasteiger partial charge in [-0.05, 0) is 54.2 Å². The first kappa shape index (κ1) is 28.8. The van der Waals surface area contributed by atoms with Crippen molar-refractivity contribution in [3.63, 3.8) is 0 Å². The Morgan fingerprint density at radius 1 is 1.15 bits per heavy atom. The number of aliphatic hydroxyl groups is 1. The molecule has 0 saturated carbocycles. The van der Waals surface area contributed by atoms with Crippen molar-refractivity contribution < 1.29 is 29.0 Å². The van der Waals surface area contributed by atoms with E-state index in [0.717, 1.165) is 16.9 Å². The van der Waals surface area contributed by atoms with Crippen molar-refractivity contribution in [2.75, 3.05) is 18.6 Å². The molecule has 3 aromatic rings. The fourth-order valence-corrected chi connectivity index (χ4v) is 5.55. The molecule has 0 aliphatic carbocycles. The largest absolute Gasteiger partial charge is 0.507 e. The Balaban J connectivity index is 1.91. The van der Waals surface area contributed by atoms with Crippen LogP contribution in [0.25, 0.3) is 5.76 Å². The number of ketones is 1. The zero-order valence-electron chi connectivity index (χ0n) is 23.4. The van der Waals surface area contributed by atoms with E-state index in [1.54, 1.807) is 39.2 Å². The van der Waals surface area contributed by atoms with E-state index < -0.39 is 23.7 Å². The number of hydrogen-bond donors (Lipinski definition) is 1. The Hall–Kier alpha value is -4.24. The molecule has 1 fully saturated rings. The molecule has 2 aromatic carbocycles. The predicted molar refractivity (Wildman–Crippen MR) is 155 cm³/mol. The molecule has 0 unspecified atom stereocenters. The molecule has 208 valence electrons. The summed E-state index contributed by atoms with van der Waals surface area (Å²) in [6.07, 6.45) is 1.45. The van der Waals surface area contributed by atoms with E-state index in [9.17, 15) is 19.5 Å². The number of rotatable bonds is 7. The molecular weight excluding hydrogens is 528 g/mol. The molecule has 0 bridgehead atoms. The van der Waals surface area contributed by atoms with Crippen LogP contribution in [0, 0.1) is 13.8 Å². The van der Waals surface area contributed by atoms with E-state index in [1.165, 1.54) is 11.0 Å². The first-order valence-electron chi connectivity index (χ1n) is 12.7. The Labute approximate surface area is 237 Å². The minimum Gasteiger partial charge on any atom is -0.507 e. The van der Waals surface area contributed by atoms with Crippen molar-refractivity contribution in [2.24, 2.45) is 0 Å². The normalized spacial score (nSPS) is 16.8. The summed E-state index contributed by atoms with van der Waals surface area (Å²) in [7, 11) is 1.54. The molecule has 1 aromatic heterocycles. The number of aromatic nitrogens is 1. The van der Waals surface area contributed by atoms with Gasteiger partial charge in [-0.25, -0.2) is 9.78 Å². The van der Waals surface area contributed by atoms with Gasteiger partial charge in [0, 0.05) is 5.56 Å². The van der Waals surface area contributed by atoms with Gasteiger partial charge in [-0.1, -0.05) is 69.0 Å². The monoisotopic (exact) mass is 560 g/mol. The van der Waals surface area contributed by atoms with Crippen LogP contribution >= 0.6 is 11.3 Å². The summed E-state index contributed by atoms with van der Waals surface area (Å²) in [4.78, 5) is 45.6. The summed E-state index contributed by atoms with van der Waals surface area (Å²) in [6, 6.07) is 11.7. The van der Waals surface area contributed by atoms with Gasteiger partial charge >= 0.3 is 11.9 Å². The van der Waals surface area contributed by atoms with Crippen LogP contribution in [0.3, 0.4) is 0 Å². The van der Waals surface area contributed by atoms with E-state index in [2.05, 4.69) is 32.3 Å². The predicted octanol–water partition coefficient (Wildman–Crippen LogP) is 6.04. The molecule has 1 saturated heterocycles.